The Bertz CT molecular complexity index is 633. The van der Waals surface area contributed by atoms with Gasteiger partial charge in [-0.15, -0.1) is 0 Å². The van der Waals surface area contributed by atoms with Gasteiger partial charge in [0.25, 0.3) is 0 Å². The lowest BCUT2D eigenvalue weighted by atomic mass is 10.4. The summed E-state index contributed by atoms with van der Waals surface area (Å²) in [6, 6.07) is 1.33. The highest BCUT2D eigenvalue weighted by Gasteiger charge is 2.10. The molecule has 2 heterocycles. The largest absolute Gasteiger partial charge is 0.476 e. The minimum Gasteiger partial charge on any atom is -0.476 e. The molecule has 9 heteroatoms. The summed E-state index contributed by atoms with van der Waals surface area (Å²) < 4.78 is 7.98. The van der Waals surface area contributed by atoms with Crippen LogP contribution in [0, 0.1) is 0 Å². The number of ether oxygens (including phenoxy) is 1. The fourth-order valence-electron chi connectivity index (χ4n) is 1.60. The Morgan fingerprint density at radius 3 is 2.90 bits per heavy atom. The van der Waals surface area contributed by atoms with Crippen LogP contribution < -0.4 is 5.32 Å². The van der Waals surface area contributed by atoms with Crippen LogP contribution in [0.15, 0.2) is 24.7 Å². The third-order valence-electron chi connectivity index (χ3n) is 2.51. The first-order valence-electron chi connectivity index (χ1n) is 6.25. The quantitative estimate of drug-likeness (QED) is 0.765. The van der Waals surface area contributed by atoms with Crippen LogP contribution in [0.1, 0.15) is 17.4 Å². The monoisotopic (exact) mass is 293 g/mol. The summed E-state index contributed by atoms with van der Waals surface area (Å²) in [5.74, 6) is -1.46. The molecule has 2 N–H and O–H groups in total. The van der Waals surface area contributed by atoms with Crippen LogP contribution in [0.25, 0.3) is 0 Å². The van der Waals surface area contributed by atoms with E-state index in [0.717, 1.165) is 0 Å². The van der Waals surface area contributed by atoms with Gasteiger partial charge in [-0.25, -0.2) is 9.48 Å². The number of carboxylic acids is 1. The van der Waals surface area contributed by atoms with Crippen molar-refractivity contribution >= 4 is 17.6 Å². The molecular weight excluding hydrogens is 278 g/mol. The van der Waals surface area contributed by atoms with Gasteiger partial charge in [0.1, 0.15) is 13.3 Å². The SMILES string of the molecule is CCOCn1cc(NC(=O)Cn2ccc(C(=O)O)n2)cn1. The Kier molecular flexibility index (Phi) is 4.67. The zero-order valence-corrected chi connectivity index (χ0v) is 11.4. The molecule has 0 unspecified atom stereocenters. The molecule has 0 aliphatic heterocycles. The van der Waals surface area contributed by atoms with Crippen LogP contribution in [0.2, 0.25) is 0 Å². The lowest BCUT2D eigenvalue weighted by Crippen LogP contribution is -2.19. The highest BCUT2D eigenvalue weighted by molar-refractivity contribution is 5.90. The molecule has 0 saturated carbocycles. The molecule has 0 atom stereocenters. The Labute approximate surface area is 120 Å². The number of carboxylic acid groups (broad SMARTS) is 1. The van der Waals surface area contributed by atoms with Crippen molar-refractivity contribution in [2.75, 3.05) is 11.9 Å². The van der Waals surface area contributed by atoms with Crippen molar-refractivity contribution in [2.45, 2.75) is 20.2 Å². The second-order valence-corrected chi connectivity index (χ2v) is 4.14. The van der Waals surface area contributed by atoms with Crippen molar-refractivity contribution in [2.24, 2.45) is 0 Å². The van der Waals surface area contributed by atoms with E-state index in [1.54, 1.807) is 10.9 Å². The molecule has 0 saturated heterocycles. The van der Waals surface area contributed by atoms with E-state index in [1.165, 1.54) is 23.1 Å². The third kappa shape index (κ3) is 4.14. The molecule has 9 nitrogen and oxygen atoms in total. The van der Waals surface area contributed by atoms with Gasteiger partial charge in [0.15, 0.2) is 5.69 Å². The topological polar surface area (TPSA) is 111 Å². The fraction of sp³-hybridized carbons (Fsp3) is 0.333. The lowest BCUT2D eigenvalue weighted by Gasteiger charge is -2.02. The number of aromatic nitrogens is 4. The third-order valence-corrected chi connectivity index (χ3v) is 2.51. The maximum Gasteiger partial charge on any atom is 0.356 e. The van der Waals surface area contributed by atoms with Gasteiger partial charge in [-0.05, 0) is 13.0 Å². The van der Waals surface area contributed by atoms with Crippen molar-refractivity contribution in [3.8, 4) is 0 Å². The Morgan fingerprint density at radius 1 is 1.43 bits per heavy atom. The van der Waals surface area contributed by atoms with E-state index in [1.807, 2.05) is 6.92 Å². The van der Waals surface area contributed by atoms with Crippen LogP contribution in [-0.2, 0) is 22.8 Å². The van der Waals surface area contributed by atoms with Crippen LogP contribution in [0.5, 0.6) is 0 Å². The van der Waals surface area contributed by atoms with Gasteiger partial charge in [0, 0.05) is 12.8 Å². The van der Waals surface area contributed by atoms with Gasteiger partial charge < -0.3 is 15.2 Å². The van der Waals surface area contributed by atoms with E-state index in [0.29, 0.717) is 19.0 Å². The number of nitrogens with one attached hydrogen (secondary N) is 1. The average molecular weight is 293 g/mol. The van der Waals surface area contributed by atoms with Crippen LogP contribution >= 0.6 is 0 Å². The predicted molar refractivity (Wildman–Crippen MR) is 71.7 cm³/mol. The molecule has 1 amide bonds. The molecule has 2 aromatic rings. The number of carbonyl (C=O) groups is 2. The highest BCUT2D eigenvalue weighted by atomic mass is 16.5. The first-order valence-corrected chi connectivity index (χ1v) is 6.25. The van der Waals surface area contributed by atoms with Gasteiger partial charge in [-0.3, -0.25) is 9.48 Å². The summed E-state index contributed by atoms with van der Waals surface area (Å²) in [6.45, 7) is 2.69. The summed E-state index contributed by atoms with van der Waals surface area (Å²) in [5.41, 5.74) is 0.428. The van der Waals surface area contributed by atoms with Gasteiger partial charge in [-0.2, -0.15) is 10.2 Å². The minimum atomic E-state index is -1.13. The molecule has 0 fully saturated rings. The number of nitrogens with zero attached hydrogens (tertiary/aromatic N) is 4. The normalized spacial score (nSPS) is 10.5. The molecule has 0 aromatic carbocycles. The first kappa shape index (κ1) is 14.7. The number of hydrogen-bond acceptors (Lipinski definition) is 5. The lowest BCUT2D eigenvalue weighted by molar-refractivity contribution is -0.116. The van der Waals surface area contributed by atoms with E-state index in [4.69, 9.17) is 9.84 Å². The van der Waals surface area contributed by atoms with Crippen molar-refractivity contribution in [3.63, 3.8) is 0 Å². The summed E-state index contributed by atoms with van der Waals surface area (Å²) in [5, 5.41) is 19.2. The molecule has 0 bridgehead atoms. The Hall–Kier alpha value is -2.68. The summed E-state index contributed by atoms with van der Waals surface area (Å²) >= 11 is 0. The Morgan fingerprint density at radius 2 is 2.24 bits per heavy atom. The molecule has 0 spiro atoms. The summed E-state index contributed by atoms with van der Waals surface area (Å²) in [6.07, 6.45) is 4.57. The van der Waals surface area contributed by atoms with Crippen LogP contribution in [0.4, 0.5) is 5.69 Å². The van der Waals surface area contributed by atoms with Crippen molar-refractivity contribution in [1.82, 2.24) is 19.6 Å². The predicted octanol–water partition coefficient (Wildman–Crippen LogP) is 0.410. The Balaban J connectivity index is 1.88. The molecule has 21 heavy (non-hydrogen) atoms. The molecule has 112 valence electrons. The van der Waals surface area contributed by atoms with E-state index >= 15 is 0 Å². The van der Waals surface area contributed by atoms with Crippen molar-refractivity contribution in [1.29, 1.82) is 0 Å². The average Bonchev–Trinajstić information content (AvgIpc) is 3.06. The van der Waals surface area contributed by atoms with Crippen molar-refractivity contribution < 1.29 is 19.4 Å². The zero-order valence-electron chi connectivity index (χ0n) is 11.4. The zero-order chi connectivity index (χ0) is 15.2. The molecule has 2 aromatic heterocycles. The van der Waals surface area contributed by atoms with Crippen LogP contribution in [0.3, 0.4) is 0 Å². The molecule has 0 aliphatic rings. The minimum absolute atomic E-state index is 0.0794. The number of anilines is 1. The number of hydrogen-bond donors (Lipinski definition) is 2. The van der Waals surface area contributed by atoms with E-state index in [2.05, 4.69) is 15.5 Å². The smallest absolute Gasteiger partial charge is 0.356 e. The summed E-state index contributed by atoms with van der Waals surface area (Å²) in [7, 11) is 0. The first-order chi connectivity index (χ1) is 10.1. The standard InChI is InChI=1S/C12H15N5O4/c1-2-21-8-17-6-9(5-13-17)14-11(18)7-16-4-3-10(15-16)12(19)20/h3-6H,2,7-8H2,1H3,(H,14,18)(H,19,20). The van der Waals surface area contributed by atoms with E-state index in [-0.39, 0.29) is 18.1 Å². The second kappa shape index (κ2) is 6.66. The maximum atomic E-state index is 11.8. The highest BCUT2D eigenvalue weighted by Crippen LogP contribution is 2.05. The molecule has 0 radical (unpaired) electrons. The van der Waals surface area contributed by atoms with Gasteiger partial charge in [0.05, 0.1) is 18.1 Å². The molecule has 0 aliphatic carbocycles. The van der Waals surface area contributed by atoms with Gasteiger partial charge >= 0.3 is 5.97 Å². The second-order valence-electron chi connectivity index (χ2n) is 4.14. The fourth-order valence-corrected chi connectivity index (χ4v) is 1.60. The number of carbonyl (C=O) groups excluding carboxylic acids is 1. The van der Waals surface area contributed by atoms with Crippen molar-refractivity contribution in [3.05, 3.63) is 30.4 Å². The molecule has 2 rings (SSSR count). The van der Waals surface area contributed by atoms with E-state index in [9.17, 15) is 9.59 Å². The van der Waals surface area contributed by atoms with Gasteiger partial charge in [-0.1, -0.05) is 0 Å². The van der Waals surface area contributed by atoms with E-state index < -0.39 is 5.97 Å². The maximum absolute atomic E-state index is 11.8. The molecular formula is C12H15N5O4. The number of amides is 1. The van der Waals surface area contributed by atoms with Gasteiger partial charge in [0.2, 0.25) is 5.91 Å². The number of aromatic carboxylic acids is 1. The number of rotatable bonds is 7. The van der Waals surface area contributed by atoms with Crippen LogP contribution in [-0.4, -0.2) is 43.2 Å². The summed E-state index contributed by atoms with van der Waals surface area (Å²) in [4.78, 5) is 22.5.